The zero-order valence-electron chi connectivity index (χ0n) is 13.8. The van der Waals surface area contributed by atoms with Gasteiger partial charge in [-0.2, -0.15) is 4.79 Å². The molecule has 0 aliphatic heterocycles. The fourth-order valence-electron chi connectivity index (χ4n) is 2.76. The number of aromatic nitrogens is 1. The zero-order chi connectivity index (χ0) is 16.0. The molecule has 0 fully saturated rings. The first-order valence-corrected chi connectivity index (χ1v) is 7.74. The molecule has 2 aromatic rings. The first-order valence-electron chi connectivity index (χ1n) is 7.74. The van der Waals surface area contributed by atoms with Gasteiger partial charge in [0.25, 0.3) is 0 Å². The topological polar surface area (TPSA) is 30.9 Å². The van der Waals surface area contributed by atoms with Crippen LogP contribution in [0.25, 0.3) is 16.5 Å². The molecule has 0 amide bonds. The molecule has 2 N–H and O–H groups in total. The minimum absolute atomic E-state index is 0.536. The number of hydrogen-bond acceptors (Lipinski definition) is 1. The lowest BCUT2D eigenvalue weighted by Crippen LogP contribution is -1.99. The number of allylic oxidation sites excluding steroid dienone is 2. The van der Waals surface area contributed by atoms with Crippen molar-refractivity contribution < 1.29 is 4.48 Å². The summed E-state index contributed by atoms with van der Waals surface area (Å²) in [6.45, 7) is 8.37. The number of aryl methyl sites for hydroxylation is 1. The van der Waals surface area contributed by atoms with Crippen LogP contribution < -0.4 is 5.73 Å². The van der Waals surface area contributed by atoms with E-state index in [4.69, 9.17) is 0 Å². The second kappa shape index (κ2) is 7.99. The summed E-state index contributed by atoms with van der Waals surface area (Å²) in [5.41, 5.74) is 8.92. The maximum atomic E-state index is 13.7. The van der Waals surface area contributed by atoms with E-state index >= 15 is 0 Å². The van der Waals surface area contributed by atoms with Crippen molar-refractivity contribution in [3.8, 4) is 0 Å². The van der Waals surface area contributed by atoms with Gasteiger partial charge in [0.15, 0.2) is 0 Å². The van der Waals surface area contributed by atoms with Gasteiger partial charge >= 0.3 is 0 Å². The van der Waals surface area contributed by atoms with Crippen molar-refractivity contribution in [2.45, 2.75) is 40.5 Å². The van der Waals surface area contributed by atoms with Gasteiger partial charge in [-0.05, 0) is 48.6 Å². The molecule has 116 valence electrons. The third kappa shape index (κ3) is 3.53. The minimum Gasteiger partial charge on any atom is -0.333 e. The Bertz CT molecular complexity index is 609. The van der Waals surface area contributed by atoms with Crippen molar-refractivity contribution >= 4 is 16.5 Å². The monoisotopic (exact) mass is 290 g/mol. The van der Waals surface area contributed by atoms with E-state index in [0.717, 1.165) is 28.6 Å². The molecule has 0 saturated heterocycles. The quantitative estimate of drug-likeness (QED) is 0.790. The van der Waals surface area contributed by atoms with Crippen molar-refractivity contribution in [3.63, 3.8) is 0 Å². The Kier molecular flexibility index (Phi) is 6.63. The van der Waals surface area contributed by atoms with Gasteiger partial charge in [0, 0.05) is 11.6 Å². The predicted octanol–water partition coefficient (Wildman–Crippen LogP) is 4.96. The molecular formula is C18H27FN2. The van der Waals surface area contributed by atoms with E-state index in [0.29, 0.717) is 11.4 Å². The van der Waals surface area contributed by atoms with Crippen LogP contribution >= 0.6 is 0 Å². The highest BCUT2D eigenvalue weighted by molar-refractivity contribution is 5.97. The maximum absolute atomic E-state index is 13.7. The molecule has 0 saturated carbocycles. The summed E-state index contributed by atoms with van der Waals surface area (Å²) < 4.78 is 13.7. The lowest BCUT2D eigenvalue weighted by atomic mass is 9.87. The summed E-state index contributed by atoms with van der Waals surface area (Å²) in [5.74, 6) is 0.536. The molecule has 3 heteroatoms. The van der Waals surface area contributed by atoms with Crippen molar-refractivity contribution in [2.75, 3.05) is 7.05 Å². The van der Waals surface area contributed by atoms with E-state index < -0.39 is 0 Å². The number of hydrogen-bond donors (Lipinski definition) is 1. The molecule has 1 aliphatic rings. The molecule has 1 aromatic heterocycles. The smallest absolute Gasteiger partial charge is 0.0821 e. The van der Waals surface area contributed by atoms with Crippen molar-refractivity contribution in [2.24, 2.45) is 11.7 Å². The Morgan fingerprint density at radius 1 is 1.19 bits per heavy atom. The van der Waals surface area contributed by atoms with Crippen LogP contribution in [0.2, 0.25) is 0 Å². The molecule has 21 heavy (non-hydrogen) atoms. The summed E-state index contributed by atoms with van der Waals surface area (Å²) in [5, 5.41) is 1.10. The van der Waals surface area contributed by atoms with Gasteiger partial charge in [-0.1, -0.05) is 50.4 Å². The zero-order valence-corrected chi connectivity index (χ0v) is 13.8. The third-order valence-electron chi connectivity index (χ3n) is 3.41. The van der Waals surface area contributed by atoms with Gasteiger partial charge in [0.1, 0.15) is 0 Å². The number of benzene rings is 1. The van der Waals surface area contributed by atoms with Gasteiger partial charge in [-0.3, -0.25) is 0 Å². The first kappa shape index (κ1) is 17.4. The fraction of sp³-hybridized carbons (Fsp3) is 0.444. The molecule has 0 radical (unpaired) electrons. The maximum Gasteiger partial charge on any atom is 0.0821 e. The Labute approximate surface area is 127 Å². The lowest BCUT2D eigenvalue weighted by Gasteiger charge is -2.17. The molecule has 1 heterocycles. The van der Waals surface area contributed by atoms with E-state index in [1.807, 2.05) is 26.0 Å². The average Bonchev–Trinajstić information content (AvgIpc) is 2.84. The normalized spacial score (nSPS) is 14.6. The van der Waals surface area contributed by atoms with Crippen LogP contribution in [0.4, 0.5) is 4.48 Å². The molecule has 0 bridgehead atoms. The van der Waals surface area contributed by atoms with Crippen molar-refractivity contribution in [3.05, 3.63) is 41.6 Å². The number of halogens is 1. The summed E-state index contributed by atoms with van der Waals surface area (Å²) in [6.07, 6.45) is 5.89. The van der Waals surface area contributed by atoms with Crippen LogP contribution in [-0.2, 0) is 6.42 Å². The Morgan fingerprint density at radius 2 is 1.86 bits per heavy atom. The van der Waals surface area contributed by atoms with Crippen LogP contribution in [0.3, 0.4) is 0 Å². The highest BCUT2D eigenvalue weighted by Crippen LogP contribution is 2.37. The summed E-state index contributed by atoms with van der Waals surface area (Å²) >= 11 is 0. The van der Waals surface area contributed by atoms with Crippen molar-refractivity contribution in [1.82, 2.24) is 4.79 Å². The van der Waals surface area contributed by atoms with E-state index in [1.165, 1.54) is 18.2 Å². The third-order valence-corrected chi connectivity index (χ3v) is 3.41. The second-order valence-corrected chi connectivity index (χ2v) is 5.10. The van der Waals surface area contributed by atoms with Gasteiger partial charge in [-0.25, -0.2) is 0 Å². The average molecular weight is 290 g/mol. The molecule has 3 rings (SSSR count). The summed E-state index contributed by atoms with van der Waals surface area (Å²) in [6, 6.07) is 5.90. The number of nitrogens with two attached hydrogens (primary N) is 1. The SMILES string of the molecule is CC.CC(C)/C=C1\CCc2cn(F)c3cccc1c23.CN. The standard InChI is InChI=1S/C15H16FN.C2H6.CH5N/c1-10(2)8-11-6-7-12-9-17(16)14-5-3-4-13(11)15(12)14;2*1-2/h3-5,8-10H,6-7H2,1-2H3;1-2H3;2H2,1H3/b11-8+;;. The molecule has 1 aliphatic carbocycles. The molecule has 0 atom stereocenters. The van der Waals surface area contributed by atoms with E-state index in [2.05, 4.69) is 31.7 Å². The van der Waals surface area contributed by atoms with Gasteiger partial charge in [0.05, 0.1) is 5.52 Å². The predicted molar refractivity (Wildman–Crippen MR) is 91.0 cm³/mol. The highest BCUT2D eigenvalue weighted by atomic mass is 19.2. The van der Waals surface area contributed by atoms with Crippen LogP contribution in [0.1, 0.15) is 45.2 Å². The van der Waals surface area contributed by atoms with Gasteiger partial charge in [-0.15, -0.1) is 0 Å². The molecular weight excluding hydrogens is 263 g/mol. The molecule has 0 spiro atoms. The van der Waals surface area contributed by atoms with Crippen LogP contribution in [0.15, 0.2) is 30.5 Å². The Hall–Kier alpha value is -1.61. The Morgan fingerprint density at radius 3 is 2.48 bits per heavy atom. The number of nitrogens with zero attached hydrogens (tertiary/aromatic N) is 1. The summed E-state index contributed by atoms with van der Waals surface area (Å²) in [7, 11) is 1.50. The summed E-state index contributed by atoms with van der Waals surface area (Å²) in [4.78, 5) is 0.756. The van der Waals surface area contributed by atoms with E-state index in [9.17, 15) is 4.48 Å². The largest absolute Gasteiger partial charge is 0.333 e. The molecule has 0 unspecified atom stereocenters. The van der Waals surface area contributed by atoms with Crippen molar-refractivity contribution in [1.29, 1.82) is 0 Å². The first-order chi connectivity index (χ1) is 10.2. The van der Waals surface area contributed by atoms with Crippen LogP contribution in [0, 0.1) is 5.92 Å². The molecule has 1 aromatic carbocycles. The van der Waals surface area contributed by atoms with Gasteiger partial charge in [0.2, 0.25) is 0 Å². The highest BCUT2D eigenvalue weighted by Gasteiger charge is 2.19. The van der Waals surface area contributed by atoms with Gasteiger partial charge < -0.3 is 5.73 Å². The Balaban J connectivity index is 0.000000510. The molecule has 2 nitrogen and oxygen atoms in total. The van der Waals surface area contributed by atoms with Crippen LogP contribution in [-0.4, -0.2) is 11.8 Å². The van der Waals surface area contributed by atoms with Crippen LogP contribution in [0.5, 0.6) is 0 Å². The second-order valence-electron chi connectivity index (χ2n) is 5.10. The fourth-order valence-corrected chi connectivity index (χ4v) is 2.76. The van der Waals surface area contributed by atoms with E-state index in [1.54, 1.807) is 6.20 Å². The van der Waals surface area contributed by atoms with E-state index in [-0.39, 0.29) is 0 Å². The minimum atomic E-state index is 0.536. The number of rotatable bonds is 1. The lowest BCUT2D eigenvalue weighted by molar-refractivity contribution is 0.387.